The SMILES string of the molecule is Cc1cc(NC(=O)NC(C)(C(=O)O)C(F)(F)F)ccc1F. The van der Waals surface area contributed by atoms with Crippen LogP contribution in [0.2, 0.25) is 0 Å². The molecule has 0 spiro atoms. The Hall–Kier alpha value is -2.32. The molecule has 1 aromatic carbocycles. The van der Waals surface area contributed by atoms with Gasteiger partial charge in [-0.3, -0.25) is 0 Å². The summed E-state index contributed by atoms with van der Waals surface area (Å²) in [6, 6.07) is 1.97. The van der Waals surface area contributed by atoms with Crippen LogP contribution in [0.5, 0.6) is 0 Å². The number of carbonyl (C=O) groups excluding carboxylic acids is 1. The summed E-state index contributed by atoms with van der Waals surface area (Å²) in [6.07, 6.45) is -5.19. The molecular formula is C12H12F4N2O3. The minimum absolute atomic E-state index is 0.0290. The Morgan fingerprint density at radius 2 is 1.81 bits per heavy atom. The maximum Gasteiger partial charge on any atom is 0.422 e. The summed E-state index contributed by atoms with van der Waals surface area (Å²) >= 11 is 0. The highest BCUT2D eigenvalue weighted by atomic mass is 19.4. The van der Waals surface area contributed by atoms with Crippen LogP contribution in [-0.4, -0.2) is 28.8 Å². The van der Waals surface area contributed by atoms with Gasteiger partial charge in [0, 0.05) is 5.69 Å². The molecule has 5 nitrogen and oxygen atoms in total. The first-order valence-corrected chi connectivity index (χ1v) is 5.63. The predicted octanol–water partition coefficient (Wildman–Crippen LogP) is 2.66. The van der Waals surface area contributed by atoms with E-state index in [9.17, 15) is 27.2 Å². The lowest BCUT2D eigenvalue weighted by Crippen LogP contribution is -2.62. The summed E-state index contributed by atoms with van der Waals surface area (Å²) in [5.41, 5.74) is -3.24. The van der Waals surface area contributed by atoms with Crippen molar-refractivity contribution in [2.75, 3.05) is 5.32 Å². The fourth-order valence-corrected chi connectivity index (χ4v) is 1.36. The van der Waals surface area contributed by atoms with Gasteiger partial charge in [0.2, 0.25) is 5.54 Å². The largest absolute Gasteiger partial charge is 0.479 e. The molecule has 0 saturated heterocycles. The van der Waals surface area contributed by atoms with Crippen LogP contribution in [0.3, 0.4) is 0 Å². The molecular weight excluding hydrogens is 296 g/mol. The lowest BCUT2D eigenvalue weighted by Gasteiger charge is -2.28. The van der Waals surface area contributed by atoms with Gasteiger partial charge in [-0.1, -0.05) is 0 Å². The van der Waals surface area contributed by atoms with E-state index in [1.54, 1.807) is 0 Å². The lowest BCUT2D eigenvalue weighted by atomic mass is 10.0. The Kier molecular flexibility index (Phi) is 4.45. The zero-order valence-electron chi connectivity index (χ0n) is 11.0. The molecule has 0 fully saturated rings. The standard InChI is InChI=1S/C12H12F4N2O3/c1-6-5-7(3-4-8(6)13)17-10(21)18-11(2,9(19)20)12(14,15)16/h3-5H,1-2H3,(H,19,20)(H2,17,18,21). The molecule has 1 aromatic rings. The van der Waals surface area contributed by atoms with E-state index in [1.165, 1.54) is 18.3 Å². The molecule has 0 bridgehead atoms. The Morgan fingerprint density at radius 1 is 1.24 bits per heavy atom. The third-order valence-electron chi connectivity index (χ3n) is 2.77. The first-order chi connectivity index (χ1) is 9.47. The number of benzene rings is 1. The van der Waals surface area contributed by atoms with Crippen LogP contribution in [0, 0.1) is 12.7 Å². The van der Waals surface area contributed by atoms with Crippen molar-refractivity contribution in [1.29, 1.82) is 0 Å². The molecule has 0 aliphatic carbocycles. The molecule has 0 aliphatic heterocycles. The molecule has 2 amide bonds. The Labute approximate surface area is 117 Å². The van der Waals surface area contributed by atoms with Crippen LogP contribution in [0.15, 0.2) is 18.2 Å². The first kappa shape index (κ1) is 16.7. The molecule has 1 atom stereocenters. The predicted molar refractivity (Wildman–Crippen MR) is 65.4 cm³/mol. The van der Waals surface area contributed by atoms with Crippen molar-refractivity contribution in [3.8, 4) is 0 Å². The summed E-state index contributed by atoms with van der Waals surface area (Å²) in [5, 5.41) is 12.0. The summed E-state index contributed by atoms with van der Waals surface area (Å²) in [6.45, 7) is 1.72. The molecule has 21 heavy (non-hydrogen) atoms. The van der Waals surface area contributed by atoms with E-state index in [2.05, 4.69) is 0 Å². The van der Waals surface area contributed by atoms with Crippen molar-refractivity contribution < 1.29 is 32.3 Å². The summed E-state index contributed by atoms with van der Waals surface area (Å²) in [7, 11) is 0. The number of aryl methyl sites for hydroxylation is 1. The normalized spacial score (nSPS) is 14.2. The van der Waals surface area contributed by atoms with Crippen LogP contribution >= 0.6 is 0 Å². The average molecular weight is 308 g/mol. The van der Waals surface area contributed by atoms with Crippen molar-refractivity contribution in [3.63, 3.8) is 0 Å². The van der Waals surface area contributed by atoms with Crippen LogP contribution < -0.4 is 10.6 Å². The minimum Gasteiger partial charge on any atom is -0.479 e. The lowest BCUT2D eigenvalue weighted by molar-refractivity contribution is -0.203. The third kappa shape index (κ3) is 3.61. The van der Waals surface area contributed by atoms with Crippen molar-refractivity contribution >= 4 is 17.7 Å². The molecule has 0 heterocycles. The highest BCUT2D eigenvalue weighted by Gasteiger charge is 2.58. The number of hydrogen-bond donors (Lipinski definition) is 3. The number of aliphatic carboxylic acids is 1. The number of carboxylic acids is 1. The van der Waals surface area contributed by atoms with Gasteiger partial charge in [-0.2, -0.15) is 13.2 Å². The fraction of sp³-hybridized carbons (Fsp3) is 0.333. The molecule has 1 rings (SSSR count). The highest BCUT2D eigenvalue weighted by molar-refractivity contribution is 5.94. The van der Waals surface area contributed by atoms with E-state index in [4.69, 9.17) is 5.11 Å². The zero-order chi connectivity index (χ0) is 16.4. The van der Waals surface area contributed by atoms with Gasteiger partial charge >= 0.3 is 18.2 Å². The maximum absolute atomic E-state index is 13.0. The van der Waals surface area contributed by atoms with Crippen LogP contribution in [0.4, 0.5) is 28.0 Å². The molecule has 116 valence electrons. The second-order valence-corrected chi connectivity index (χ2v) is 4.47. The molecule has 3 N–H and O–H groups in total. The smallest absolute Gasteiger partial charge is 0.422 e. The van der Waals surface area contributed by atoms with Crippen LogP contribution in [-0.2, 0) is 4.79 Å². The van der Waals surface area contributed by atoms with Crippen molar-refractivity contribution in [2.45, 2.75) is 25.6 Å². The molecule has 0 aromatic heterocycles. The molecule has 0 radical (unpaired) electrons. The van der Waals surface area contributed by atoms with Gasteiger partial charge in [0.25, 0.3) is 0 Å². The quantitative estimate of drug-likeness (QED) is 0.751. The summed E-state index contributed by atoms with van der Waals surface area (Å²) in [4.78, 5) is 22.2. The van der Waals surface area contributed by atoms with Crippen LogP contribution in [0.25, 0.3) is 0 Å². The second kappa shape index (κ2) is 5.58. The minimum atomic E-state index is -5.19. The third-order valence-corrected chi connectivity index (χ3v) is 2.77. The van der Waals surface area contributed by atoms with Gasteiger partial charge < -0.3 is 15.7 Å². The van der Waals surface area contributed by atoms with Crippen LogP contribution in [0.1, 0.15) is 12.5 Å². The number of nitrogens with one attached hydrogen (secondary N) is 2. The van der Waals surface area contributed by atoms with E-state index in [-0.39, 0.29) is 11.3 Å². The number of halogens is 4. The maximum atomic E-state index is 13.0. The number of rotatable bonds is 3. The first-order valence-electron chi connectivity index (χ1n) is 5.63. The van der Waals surface area contributed by atoms with Gasteiger partial charge in [0.1, 0.15) is 5.82 Å². The number of urea groups is 1. The van der Waals surface area contributed by atoms with Gasteiger partial charge in [-0.05, 0) is 37.6 Å². The van der Waals surface area contributed by atoms with E-state index in [0.29, 0.717) is 6.92 Å². The van der Waals surface area contributed by atoms with Crippen molar-refractivity contribution in [1.82, 2.24) is 5.32 Å². The monoisotopic (exact) mass is 308 g/mol. The van der Waals surface area contributed by atoms with Gasteiger partial charge in [0.05, 0.1) is 0 Å². The topological polar surface area (TPSA) is 78.4 Å². The molecule has 0 saturated carbocycles. The number of hydrogen-bond acceptors (Lipinski definition) is 2. The average Bonchev–Trinajstić information content (AvgIpc) is 2.32. The van der Waals surface area contributed by atoms with E-state index < -0.39 is 29.5 Å². The number of amides is 2. The summed E-state index contributed by atoms with van der Waals surface area (Å²) < 4.78 is 51.1. The van der Waals surface area contributed by atoms with E-state index in [0.717, 1.165) is 12.1 Å². The Bertz CT molecular complexity index is 574. The Balaban J connectivity index is 2.89. The molecule has 9 heteroatoms. The highest BCUT2D eigenvalue weighted by Crippen LogP contribution is 2.30. The molecule has 0 aliphatic rings. The second-order valence-electron chi connectivity index (χ2n) is 4.47. The van der Waals surface area contributed by atoms with Gasteiger partial charge in [-0.25, -0.2) is 14.0 Å². The summed E-state index contributed by atoms with van der Waals surface area (Å²) in [5.74, 6) is -2.80. The number of alkyl halides is 3. The number of anilines is 1. The van der Waals surface area contributed by atoms with E-state index >= 15 is 0 Å². The number of carboxylic acid groups (broad SMARTS) is 1. The number of carbonyl (C=O) groups is 2. The van der Waals surface area contributed by atoms with Gasteiger partial charge in [0.15, 0.2) is 0 Å². The zero-order valence-corrected chi connectivity index (χ0v) is 11.0. The van der Waals surface area contributed by atoms with Gasteiger partial charge in [-0.15, -0.1) is 0 Å². The van der Waals surface area contributed by atoms with E-state index in [1.807, 2.05) is 5.32 Å². The molecule has 1 unspecified atom stereocenters. The fourth-order valence-electron chi connectivity index (χ4n) is 1.36. The van der Waals surface area contributed by atoms with Crippen molar-refractivity contribution in [3.05, 3.63) is 29.6 Å². The van der Waals surface area contributed by atoms with Crippen molar-refractivity contribution in [2.24, 2.45) is 0 Å². The Morgan fingerprint density at radius 3 is 2.24 bits per heavy atom.